The van der Waals surface area contributed by atoms with Crippen molar-refractivity contribution in [1.29, 1.82) is 0 Å². The molecule has 35 heavy (non-hydrogen) atoms. The molecule has 4 rings (SSSR count). The van der Waals surface area contributed by atoms with Crippen LogP contribution in [0.25, 0.3) is 0 Å². The van der Waals surface area contributed by atoms with Gasteiger partial charge in [0.2, 0.25) is 0 Å². The number of hydrogen-bond acceptors (Lipinski definition) is 3. The van der Waals surface area contributed by atoms with Crippen molar-refractivity contribution >= 4 is 11.6 Å². The summed E-state index contributed by atoms with van der Waals surface area (Å²) < 4.78 is 58.2. The van der Waals surface area contributed by atoms with Crippen LogP contribution < -0.4 is 9.64 Å². The van der Waals surface area contributed by atoms with E-state index in [1.54, 1.807) is 47.4 Å². The number of ether oxygens (including phenoxy) is 1. The second-order valence-electron chi connectivity index (χ2n) is 8.56. The molecular weight excluding hydrogens is 460 g/mol. The molecule has 0 aromatic heterocycles. The normalized spacial score (nSPS) is 15.1. The number of rotatable bonds is 6. The zero-order valence-electron chi connectivity index (χ0n) is 19.3. The van der Waals surface area contributed by atoms with Crippen LogP contribution in [-0.2, 0) is 12.7 Å². The first-order valence-corrected chi connectivity index (χ1v) is 11.4. The van der Waals surface area contributed by atoms with E-state index in [1.807, 2.05) is 0 Å². The molecule has 1 amide bonds. The average molecular weight is 487 g/mol. The number of likely N-dealkylation sites (tertiary alicyclic amines) is 1. The van der Waals surface area contributed by atoms with Gasteiger partial charge in [0.25, 0.3) is 5.91 Å². The van der Waals surface area contributed by atoms with E-state index in [1.165, 1.54) is 31.4 Å². The Kier molecular flexibility index (Phi) is 7.40. The number of carbonyl (C=O) groups excluding carboxylic acids is 1. The highest BCUT2D eigenvalue weighted by atomic mass is 19.4. The van der Waals surface area contributed by atoms with Gasteiger partial charge in [0.15, 0.2) is 0 Å². The molecule has 1 aliphatic rings. The highest BCUT2D eigenvalue weighted by Crippen LogP contribution is 2.31. The SMILES string of the molecule is COc1ccccc1C(=O)N(c1ccc(F)cc1)C1CCN(Cc2cccc(C(F)(F)F)c2)CC1. The van der Waals surface area contributed by atoms with Crippen LogP contribution in [-0.4, -0.2) is 37.0 Å². The third kappa shape index (κ3) is 5.82. The summed E-state index contributed by atoms with van der Waals surface area (Å²) in [6.45, 7) is 1.61. The summed E-state index contributed by atoms with van der Waals surface area (Å²) >= 11 is 0. The van der Waals surface area contributed by atoms with Gasteiger partial charge in [-0.25, -0.2) is 4.39 Å². The lowest BCUT2D eigenvalue weighted by Gasteiger charge is -2.39. The number of benzene rings is 3. The van der Waals surface area contributed by atoms with Crippen molar-refractivity contribution in [3.05, 3.63) is 95.3 Å². The second-order valence-corrected chi connectivity index (χ2v) is 8.56. The number of anilines is 1. The fourth-order valence-electron chi connectivity index (χ4n) is 4.49. The molecule has 1 aliphatic heterocycles. The fourth-order valence-corrected chi connectivity index (χ4v) is 4.49. The molecule has 1 fully saturated rings. The van der Waals surface area contributed by atoms with Gasteiger partial charge in [-0.15, -0.1) is 0 Å². The van der Waals surface area contributed by atoms with E-state index < -0.39 is 17.6 Å². The van der Waals surface area contributed by atoms with E-state index in [0.29, 0.717) is 55.0 Å². The molecular formula is C27H26F4N2O2. The number of hydrogen-bond donors (Lipinski definition) is 0. The van der Waals surface area contributed by atoms with Crippen LogP contribution in [0.4, 0.5) is 23.2 Å². The molecule has 0 atom stereocenters. The molecule has 3 aromatic carbocycles. The van der Waals surface area contributed by atoms with Gasteiger partial charge in [-0.2, -0.15) is 13.2 Å². The number of alkyl halides is 3. The number of methoxy groups -OCH3 is 1. The summed E-state index contributed by atoms with van der Waals surface area (Å²) in [5, 5.41) is 0. The predicted octanol–water partition coefficient (Wildman–Crippen LogP) is 6.16. The van der Waals surface area contributed by atoms with Crippen LogP contribution in [0.5, 0.6) is 5.75 Å². The first-order chi connectivity index (χ1) is 16.8. The van der Waals surface area contributed by atoms with Crippen molar-refractivity contribution in [2.75, 3.05) is 25.1 Å². The smallest absolute Gasteiger partial charge is 0.416 e. The summed E-state index contributed by atoms with van der Waals surface area (Å²) in [6, 6.07) is 18.0. The Balaban J connectivity index is 1.52. The monoisotopic (exact) mass is 486 g/mol. The maximum atomic E-state index is 13.6. The van der Waals surface area contributed by atoms with E-state index in [0.717, 1.165) is 6.07 Å². The third-order valence-electron chi connectivity index (χ3n) is 6.24. The molecule has 0 bridgehead atoms. The number of carbonyl (C=O) groups is 1. The van der Waals surface area contributed by atoms with Crippen molar-refractivity contribution in [1.82, 2.24) is 4.90 Å². The Morgan fingerprint density at radius 1 is 1.00 bits per heavy atom. The Morgan fingerprint density at radius 3 is 2.34 bits per heavy atom. The maximum Gasteiger partial charge on any atom is 0.416 e. The Hall–Kier alpha value is -3.39. The van der Waals surface area contributed by atoms with Gasteiger partial charge in [-0.1, -0.05) is 30.3 Å². The standard InChI is InChI=1S/C27H26F4N2O2/c1-35-25-8-3-2-7-24(25)26(34)33(22-11-9-21(28)10-12-22)23-13-15-32(16-14-23)18-19-5-4-6-20(17-19)27(29,30)31/h2-12,17,23H,13-16,18H2,1H3. The molecule has 0 unspecified atom stereocenters. The van der Waals surface area contributed by atoms with Crippen molar-refractivity contribution in [3.63, 3.8) is 0 Å². The zero-order valence-corrected chi connectivity index (χ0v) is 19.3. The molecule has 0 spiro atoms. The number of halogens is 4. The Morgan fingerprint density at radius 2 is 1.69 bits per heavy atom. The van der Waals surface area contributed by atoms with E-state index in [-0.39, 0.29) is 11.9 Å². The first-order valence-electron chi connectivity index (χ1n) is 11.4. The van der Waals surface area contributed by atoms with E-state index >= 15 is 0 Å². The predicted molar refractivity (Wildman–Crippen MR) is 126 cm³/mol. The van der Waals surface area contributed by atoms with Gasteiger partial charge in [0.05, 0.1) is 18.2 Å². The summed E-state index contributed by atoms with van der Waals surface area (Å²) in [5.74, 6) is -0.189. The molecule has 0 saturated carbocycles. The van der Waals surface area contributed by atoms with Crippen LogP contribution in [0.3, 0.4) is 0 Å². The van der Waals surface area contributed by atoms with Crippen LogP contribution in [0.2, 0.25) is 0 Å². The van der Waals surface area contributed by atoms with Crippen LogP contribution in [0.1, 0.15) is 34.3 Å². The minimum atomic E-state index is -4.38. The van der Waals surface area contributed by atoms with Gasteiger partial charge >= 0.3 is 6.18 Å². The van der Waals surface area contributed by atoms with Crippen molar-refractivity contribution < 1.29 is 27.1 Å². The molecule has 0 N–H and O–H groups in total. The molecule has 8 heteroatoms. The topological polar surface area (TPSA) is 32.8 Å². The number of para-hydroxylation sites is 1. The fraction of sp³-hybridized carbons (Fsp3) is 0.296. The summed E-state index contributed by atoms with van der Waals surface area (Å²) in [5.41, 5.74) is 0.929. The minimum Gasteiger partial charge on any atom is -0.496 e. The van der Waals surface area contributed by atoms with E-state index in [4.69, 9.17) is 4.74 Å². The first kappa shape index (κ1) is 24.7. The summed E-state index contributed by atoms with van der Waals surface area (Å²) in [7, 11) is 1.50. The highest BCUT2D eigenvalue weighted by molar-refractivity contribution is 6.08. The third-order valence-corrected chi connectivity index (χ3v) is 6.24. The van der Waals surface area contributed by atoms with Crippen LogP contribution in [0, 0.1) is 5.82 Å². The molecule has 1 heterocycles. The molecule has 1 saturated heterocycles. The summed E-state index contributed by atoms with van der Waals surface area (Å²) in [4.78, 5) is 17.4. The van der Waals surface area contributed by atoms with E-state index in [2.05, 4.69) is 4.90 Å². The van der Waals surface area contributed by atoms with Crippen LogP contribution >= 0.6 is 0 Å². The number of amides is 1. The average Bonchev–Trinajstić information content (AvgIpc) is 2.86. The number of nitrogens with zero attached hydrogens (tertiary/aromatic N) is 2. The molecule has 0 radical (unpaired) electrons. The largest absolute Gasteiger partial charge is 0.496 e. The van der Waals surface area contributed by atoms with Gasteiger partial charge < -0.3 is 9.64 Å². The Bertz CT molecular complexity index is 1160. The Labute approximate surface area is 201 Å². The molecule has 4 nitrogen and oxygen atoms in total. The van der Waals surface area contributed by atoms with E-state index in [9.17, 15) is 22.4 Å². The quantitative estimate of drug-likeness (QED) is 0.391. The lowest BCUT2D eigenvalue weighted by atomic mass is 9.99. The lowest BCUT2D eigenvalue weighted by Crippen LogP contribution is -2.47. The molecule has 3 aromatic rings. The highest BCUT2D eigenvalue weighted by Gasteiger charge is 2.32. The number of piperidine rings is 1. The van der Waals surface area contributed by atoms with Gasteiger partial charge in [-0.05, 0) is 60.9 Å². The van der Waals surface area contributed by atoms with Gasteiger partial charge in [-0.3, -0.25) is 9.69 Å². The van der Waals surface area contributed by atoms with Crippen molar-refractivity contribution in [2.45, 2.75) is 31.6 Å². The lowest BCUT2D eigenvalue weighted by molar-refractivity contribution is -0.137. The van der Waals surface area contributed by atoms with Crippen LogP contribution in [0.15, 0.2) is 72.8 Å². The second kappa shape index (κ2) is 10.5. The maximum absolute atomic E-state index is 13.6. The van der Waals surface area contributed by atoms with Gasteiger partial charge in [0, 0.05) is 31.4 Å². The summed E-state index contributed by atoms with van der Waals surface area (Å²) in [6.07, 6.45) is -3.13. The van der Waals surface area contributed by atoms with Gasteiger partial charge in [0.1, 0.15) is 11.6 Å². The zero-order chi connectivity index (χ0) is 25.0. The van der Waals surface area contributed by atoms with Crippen molar-refractivity contribution in [3.8, 4) is 5.75 Å². The minimum absolute atomic E-state index is 0.157. The molecule has 0 aliphatic carbocycles. The molecule has 184 valence electrons. The van der Waals surface area contributed by atoms with Crippen molar-refractivity contribution in [2.24, 2.45) is 0 Å².